The summed E-state index contributed by atoms with van der Waals surface area (Å²) >= 11 is 7.22. The highest BCUT2D eigenvalue weighted by molar-refractivity contribution is 7.13. The summed E-state index contributed by atoms with van der Waals surface area (Å²) in [6.07, 6.45) is 1.70. The third-order valence-corrected chi connectivity index (χ3v) is 6.73. The third-order valence-electron chi connectivity index (χ3n) is 5.41. The minimum Gasteiger partial charge on any atom is -0.497 e. The highest BCUT2D eigenvalue weighted by atomic mass is 35.5. The van der Waals surface area contributed by atoms with E-state index in [9.17, 15) is 9.59 Å². The van der Waals surface area contributed by atoms with Gasteiger partial charge < -0.3 is 19.7 Å². The van der Waals surface area contributed by atoms with Crippen LogP contribution < -0.4 is 14.8 Å². The molecule has 4 rings (SSSR count). The number of ether oxygens (including phenoxy) is 2. The first-order valence-electron chi connectivity index (χ1n) is 10.4. The molecule has 172 valence electrons. The van der Waals surface area contributed by atoms with Crippen LogP contribution in [0.1, 0.15) is 43.9 Å². The van der Waals surface area contributed by atoms with Crippen LogP contribution in [0, 0.1) is 0 Å². The lowest BCUT2D eigenvalue weighted by Crippen LogP contribution is -2.39. The van der Waals surface area contributed by atoms with Gasteiger partial charge in [0, 0.05) is 35.8 Å². The summed E-state index contributed by atoms with van der Waals surface area (Å²) in [5.74, 6) is 0.655. The van der Waals surface area contributed by atoms with Gasteiger partial charge in [-0.1, -0.05) is 29.0 Å². The van der Waals surface area contributed by atoms with Crippen LogP contribution in [0.5, 0.6) is 11.5 Å². The maximum absolute atomic E-state index is 13.2. The van der Waals surface area contributed by atoms with E-state index >= 15 is 0 Å². The molecule has 1 aliphatic heterocycles. The summed E-state index contributed by atoms with van der Waals surface area (Å²) in [7, 11) is 3.10. The highest BCUT2D eigenvalue weighted by Crippen LogP contribution is 2.32. The predicted molar refractivity (Wildman–Crippen MR) is 127 cm³/mol. The molecule has 1 saturated heterocycles. The van der Waals surface area contributed by atoms with Crippen molar-refractivity contribution in [3.63, 3.8) is 0 Å². The second-order valence-corrected chi connectivity index (χ2v) is 9.01. The number of carbonyl (C=O) groups is 2. The van der Waals surface area contributed by atoms with Gasteiger partial charge in [0.25, 0.3) is 11.8 Å². The van der Waals surface area contributed by atoms with Crippen molar-refractivity contribution in [2.24, 2.45) is 0 Å². The van der Waals surface area contributed by atoms with Crippen molar-refractivity contribution < 1.29 is 19.1 Å². The molecule has 8 nitrogen and oxygen atoms in total. The molecule has 1 atom stereocenters. The van der Waals surface area contributed by atoms with E-state index in [0.717, 1.165) is 17.8 Å². The lowest BCUT2D eigenvalue weighted by molar-refractivity contribution is 0.0703. The second-order valence-electron chi connectivity index (χ2n) is 7.57. The Kier molecular flexibility index (Phi) is 7.10. The van der Waals surface area contributed by atoms with Gasteiger partial charge in [-0.25, -0.2) is 0 Å². The van der Waals surface area contributed by atoms with E-state index in [1.54, 1.807) is 54.5 Å². The maximum atomic E-state index is 13.2. The number of hydrogen-bond donors (Lipinski definition) is 1. The third kappa shape index (κ3) is 5.26. The Bertz CT molecular complexity index is 1170. The quantitative estimate of drug-likeness (QED) is 0.552. The number of methoxy groups -OCH3 is 2. The number of hydrogen-bond acceptors (Lipinski definition) is 7. The van der Waals surface area contributed by atoms with Crippen molar-refractivity contribution in [2.45, 2.75) is 18.8 Å². The Morgan fingerprint density at radius 3 is 2.76 bits per heavy atom. The molecule has 0 radical (unpaired) electrons. The zero-order valence-corrected chi connectivity index (χ0v) is 19.8. The number of aromatic nitrogens is 2. The fourth-order valence-electron chi connectivity index (χ4n) is 3.75. The summed E-state index contributed by atoms with van der Waals surface area (Å²) in [6, 6.07) is 12.1. The van der Waals surface area contributed by atoms with Crippen molar-refractivity contribution in [3.8, 4) is 11.5 Å². The standard InChI is InChI=1S/C23H23ClN4O4S/c1-31-17-8-9-18(19(12-17)32-2)23(30)28-10-4-5-14(13-28)21-26-27-22(33-21)20(29)25-16-7-3-6-15(24)11-16/h3,6-9,11-12,14H,4-5,10,13H2,1-2H3,(H,25,29)/t14-/m1/s1. The fourth-order valence-corrected chi connectivity index (χ4v) is 4.81. The average molecular weight is 487 g/mol. The summed E-state index contributed by atoms with van der Waals surface area (Å²) in [5, 5.41) is 12.6. The van der Waals surface area contributed by atoms with Crippen LogP contribution in [0.25, 0.3) is 0 Å². The molecule has 2 amide bonds. The van der Waals surface area contributed by atoms with Crippen molar-refractivity contribution >= 4 is 40.4 Å². The summed E-state index contributed by atoms with van der Waals surface area (Å²) in [4.78, 5) is 27.6. The first-order chi connectivity index (χ1) is 16.0. The van der Waals surface area contributed by atoms with E-state index < -0.39 is 0 Å². The monoisotopic (exact) mass is 486 g/mol. The topological polar surface area (TPSA) is 93.7 Å². The van der Waals surface area contributed by atoms with Gasteiger partial charge in [-0.2, -0.15) is 0 Å². The number of nitrogens with zero attached hydrogens (tertiary/aromatic N) is 3. The number of halogens is 1. The first kappa shape index (κ1) is 23.0. The van der Waals surface area contributed by atoms with Gasteiger partial charge in [0.2, 0.25) is 5.01 Å². The normalized spacial score (nSPS) is 15.7. The van der Waals surface area contributed by atoms with Gasteiger partial charge in [0.05, 0.1) is 19.8 Å². The average Bonchev–Trinajstić information content (AvgIpc) is 3.34. The van der Waals surface area contributed by atoms with E-state index in [1.165, 1.54) is 18.4 Å². The Morgan fingerprint density at radius 2 is 2.00 bits per heavy atom. The highest BCUT2D eigenvalue weighted by Gasteiger charge is 2.30. The molecule has 0 unspecified atom stereocenters. The van der Waals surface area contributed by atoms with Crippen LogP contribution in [0.3, 0.4) is 0 Å². The van der Waals surface area contributed by atoms with Gasteiger partial charge in [-0.15, -0.1) is 10.2 Å². The Hall–Kier alpha value is -3.17. The van der Waals surface area contributed by atoms with Crippen molar-refractivity contribution in [1.82, 2.24) is 15.1 Å². The Labute approximate surface area is 200 Å². The molecule has 1 aliphatic rings. The minimum atomic E-state index is -0.340. The summed E-state index contributed by atoms with van der Waals surface area (Å²) < 4.78 is 10.6. The van der Waals surface area contributed by atoms with Crippen LogP contribution in [0.2, 0.25) is 5.02 Å². The molecular weight excluding hydrogens is 464 g/mol. The molecule has 2 aromatic carbocycles. The summed E-state index contributed by atoms with van der Waals surface area (Å²) in [6.45, 7) is 1.14. The van der Waals surface area contributed by atoms with Crippen molar-refractivity contribution in [2.75, 3.05) is 32.6 Å². The summed E-state index contributed by atoms with van der Waals surface area (Å²) in [5.41, 5.74) is 1.07. The van der Waals surface area contributed by atoms with Gasteiger partial charge in [-0.05, 0) is 43.2 Å². The SMILES string of the molecule is COc1ccc(C(=O)N2CCC[C@@H](c3nnc(C(=O)Nc4cccc(Cl)c4)s3)C2)c(OC)c1. The van der Waals surface area contributed by atoms with E-state index in [-0.39, 0.29) is 22.7 Å². The smallest absolute Gasteiger partial charge is 0.286 e. The lowest BCUT2D eigenvalue weighted by atomic mass is 9.98. The van der Waals surface area contributed by atoms with Crippen molar-refractivity contribution in [3.05, 3.63) is 63.1 Å². The molecule has 10 heteroatoms. The van der Waals surface area contributed by atoms with Crippen molar-refractivity contribution in [1.29, 1.82) is 0 Å². The number of rotatable bonds is 6. The van der Waals surface area contributed by atoms with Crippen LogP contribution in [-0.4, -0.2) is 54.2 Å². The molecule has 0 aliphatic carbocycles. The number of benzene rings is 2. The molecule has 1 N–H and O–H groups in total. The van der Waals surface area contributed by atoms with Gasteiger partial charge in [0.1, 0.15) is 16.5 Å². The molecule has 1 aromatic heterocycles. The van der Waals surface area contributed by atoms with E-state index in [4.69, 9.17) is 21.1 Å². The molecule has 0 spiro atoms. The number of amides is 2. The van der Waals surface area contributed by atoms with Crippen LogP contribution >= 0.6 is 22.9 Å². The molecule has 1 fully saturated rings. The van der Waals surface area contributed by atoms with E-state index in [1.807, 2.05) is 0 Å². The maximum Gasteiger partial charge on any atom is 0.286 e. The fraction of sp³-hybridized carbons (Fsp3) is 0.304. The molecule has 2 heterocycles. The number of carbonyl (C=O) groups excluding carboxylic acids is 2. The molecule has 0 bridgehead atoms. The Balaban J connectivity index is 1.45. The second kappa shape index (κ2) is 10.2. The minimum absolute atomic E-state index is 0.0113. The van der Waals surface area contributed by atoms with Crippen LogP contribution in [0.4, 0.5) is 5.69 Å². The van der Waals surface area contributed by atoms with Gasteiger partial charge in [0.15, 0.2) is 0 Å². The van der Waals surface area contributed by atoms with E-state index in [0.29, 0.717) is 40.9 Å². The zero-order valence-electron chi connectivity index (χ0n) is 18.2. The van der Waals surface area contributed by atoms with E-state index in [2.05, 4.69) is 15.5 Å². The molecular formula is C23H23ClN4O4S. The predicted octanol–water partition coefficient (Wildman–Crippen LogP) is 4.48. The molecule has 33 heavy (non-hydrogen) atoms. The number of piperidine rings is 1. The number of likely N-dealkylation sites (tertiary alicyclic amines) is 1. The number of nitrogens with one attached hydrogen (secondary N) is 1. The lowest BCUT2D eigenvalue weighted by Gasteiger charge is -2.32. The zero-order chi connectivity index (χ0) is 23.4. The Morgan fingerprint density at radius 1 is 1.15 bits per heavy atom. The number of anilines is 1. The van der Waals surface area contributed by atoms with Gasteiger partial charge in [-0.3, -0.25) is 9.59 Å². The molecule has 3 aromatic rings. The van der Waals surface area contributed by atoms with Crippen LogP contribution in [0.15, 0.2) is 42.5 Å². The van der Waals surface area contributed by atoms with Crippen LogP contribution in [-0.2, 0) is 0 Å². The molecule has 0 saturated carbocycles. The van der Waals surface area contributed by atoms with Gasteiger partial charge >= 0.3 is 0 Å². The largest absolute Gasteiger partial charge is 0.497 e. The first-order valence-corrected chi connectivity index (χ1v) is 11.6.